The first kappa shape index (κ1) is 18.9. The number of carbonyl (C=O) groups excluding carboxylic acids is 1. The van der Waals surface area contributed by atoms with Gasteiger partial charge in [-0.15, -0.1) is 0 Å². The molecule has 1 aromatic rings. The van der Waals surface area contributed by atoms with E-state index in [0.29, 0.717) is 19.5 Å². The van der Waals surface area contributed by atoms with Gasteiger partial charge in [-0.05, 0) is 24.8 Å². The first-order chi connectivity index (χ1) is 11.4. The molecule has 0 bridgehead atoms. The molecule has 24 heavy (non-hydrogen) atoms. The summed E-state index contributed by atoms with van der Waals surface area (Å²) in [7, 11) is -3.33. The van der Waals surface area contributed by atoms with Gasteiger partial charge in [0.25, 0.3) is 0 Å². The number of nitrogens with one attached hydrogen (secondary N) is 1. The largest absolute Gasteiger partial charge is 0.376 e. The number of carbonyl (C=O) groups is 1. The molecule has 1 aromatic carbocycles. The Labute approximate surface area is 144 Å². The Hall–Kier alpha value is -1.44. The minimum Gasteiger partial charge on any atom is -0.376 e. The smallest absolute Gasteiger partial charge is 0.221 e. The minimum absolute atomic E-state index is 0.0954. The van der Waals surface area contributed by atoms with Crippen molar-refractivity contribution in [3.8, 4) is 0 Å². The van der Waals surface area contributed by atoms with E-state index in [1.807, 2.05) is 30.3 Å². The number of hydrogen-bond donors (Lipinski definition) is 1. The highest BCUT2D eigenvalue weighted by atomic mass is 32.2. The molecule has 1 aliphatic rings. The predicted octanol–water partition coefficient (Wildman–Crippen LogP) is 1.18. The van der Waals surface area contributed by atoms with Crippen molar-refractivity contribution in [2.45, 2.75) is 31.8 Å². The molecule has 7 heteroatoms. The highest BCUT2D eigenvalue weighted by molar-refractivity contribution is 7.88. The van der Waals surface area contributed by atoms with Crippen molar-refractivity contribution in [1.82, 2.24) is 9.62 Å². The molecule has 1 N–H and O–H groups in total. The van der Waals surface area contributed by atoms with E-state index < -0.39 is 10.0 Å². The molecule has 1 fully saturated rings. The van der Waals surface area contributed by atoms with E-state index >= 15 is 0 Å². The van der Waals surface area contributed by atoms with Crippen molar-refractivity contribution in [2.24, 2.45) is 0 Å². The first-order valence-electron chi connectivity index (χ1n) is 8.32. The Bertz CT molecular complexity index is 613. The van der Waals surface area contributed by atoms with Gasteiger partial charge in [0.1, 0.15) is 0 Å². The van der Waals surface area contributed by atoms with Crippen LogP contribution in [0.2, 0.25) is 0 Å². The van der Waals surface area contributed by atoms with Crippen LogP contribution in [-0.4, -0.2) is 57.2 Å². The monoisotopic (exact) mass is 354 g/mol. The lowest BCUT2D eigenvalue weighted by Gasteiger charge is -2.20. The van der Waals surface area contributed by atoms with Gasteiger partial charge in [0.2, 0.25) is 15.9 Å². The second-order valence-corrected chi connectivity index (χ2v) is 8.07. The number of benzene rings is 1. The van der Waals surface area contributed by atoms with Crippen LogP contribution in [0.3, 0.4) is 0 Å². The second kappa shape index (κ2) is 9.15. The highest BCUT2D eigenvalue weighted by Crippen LogP contribution is 2.10. The summed E-state index contributed by atoms with van der Waals surface area (Å²) in [5, 5.41) is 2.82. The number of rotatable bonds is 9. The third kappa shape index (κ3) is 6.59. The van der Waals surface area contributed by atoms with Gasteiger partial charge in [-0.3, -0.25) is 4.79 Å². The number of hydrogen-bond acceptors (Lipinski definition) is 4. The Morgan fingerprint density at radius 1 is 1.29 bits per heavy atom. The maximum Gasteiger partial charge on any atom is 0.221 e. The standard InChI is InChI=1S/C17H26N2O4S/c1-24(21,22)19(11-9-15-6-3-2-4-7-15)12-10-17(20)18-14-16-8-5-13-23-16/h2-4,6-7,16H,5,8-14H2,1H3,(H,18,20). The van der Waals surface area contributed by atoms with E-state index in [0.717, 1.165) is 25.0 Å². The molecular weight excluding hydrogens is 328 g/mol. The molecule has 1 unspecified atom stereocenters. The summed E-state index contributed by atoms with van der Waals surface area (Å²) < 4.78 is 30.6. The van der Waals surface area contributed by atoms with E-state index in [9.17, 15) is 13.2 Å². The first-order valence-corrected chi connectivity index (χ1v) is 10.2. The zero-order chi connectivity index (χ0) is 17.4. The molecule has 1 saturated heterocycles. The summed E-state index contributed by atoms with van der Waals surface area (Å²) in [5.74, 6) is -0.140. The van der Waals surface area contributed by atoms with Crippen molar-refractivity contribution in [3.63, 3.8) is 0 Å². The predicted molar refractivity (Wildman–Crippen MR) is 93.2 cm³/mol. The van der Waals surface area contributed by atoms with Crippen LogP contribution in [0.1, 0.15) is 24.8 Å². The van der Waals surface area contributed by atoms with Crippen LogP contribution in [-0.2, 0) is 26.0 Å². The van der Waals surface area contributed by atoms with E-state index in [1.54, 1.807) is 0 Å². The molecule has 0 saturated carbocycles. The molecule has 1 amide bonds. The van der Waals surface area contributed by atoms with Crippen molar-refractivity contribution in [3.05, 3.63) is 35.9 Å². The van der Waals surface area contributed by atoms with Crippen molar-refractivity contribution in [1.29, 1.82) is 0 Å². The van der Waals surface area contributed by atoms with E-state index in [4.69, 9.17) is 4.74 Å². The number of sulfonamides is 1. The zero-order valence-corrected chi connectivity index (χ0v) is 14.9. The number of ether oxygens (including phenoxy) is 1. The topological polar surface area (TPSA) is 75.7 Å². The fourth-order valence-corrected chi connectivity index (χ4v) is 3.54. The number of nitrogens with zero attached hydrogens (tertiary/aromatic N) is 1. The summed E-state index contributed by atoms with van der Waals surface area (Å²) >= 11 is 0. The molecule has 1 heterocycles. The molecular formula is C17H26N2O4S. The maximum absolute atomic E-state index is 11.9. The minimum atomic E-state index is -3.33. The van der Waals surface area contributed by atoms with Crippen LogP contribution in [0.15, 0.2) is 30.3 Å². The van der Waals surface area contributed by atoms with Crippen LogP contribution in [0.25, 0.3) is 0 Å². The van der Waals surface area contributed by atoms with Gasteiger partial charge in [0.15, 0.2) is 0 Å². The Balaban J connectivity index is 1.77. The van der Waals surface area contributed by atoms with Gasteiger partial charge in [-0.25, -0.2) is 12.7 Å². The van der Waals surface area contributed by atoms with Gasteiger partial charge < -0.3 is 10.1 Å². The second-order valence-electron chi connectivity index (χ2n) is 6.09. The quantitative estimate of drug-likeness (QED) is 0.722. The van der Waals surface area contributed by atoms with Gasteiger partial charge >= 0.3 is 0 Å². The summed E-state index contributed by atoms with van der Waals surface area (Å²) in [6.45, 7) is 1.83. The fourth-order valence-electron chi connectivity index (χ4n) is 2.69. The molecule has 0 spiro atoms. The maximum atomic E-state index is 11.9. The van der Waals surface area contributed by atoms with Crippen molar-refractivity contribution < 1.29 is 17.9 Å². The molecule has 0 aliphatic carbocycles. The van der Waals surface area contributed by atoms with Gasteiger partial charge in [-0.2, -0.15) is 0 Å². The van der Waals surface area contributed by atoms with Gasteiger partial charge in [0.05, 0.1) is 12.4 Å². The summed E-state index contributed by atoms with van der Waals surface area (Å²) in [6, 6.07) is 9.72. The highest BCUT2D eigenvalue weighted by Gasteiger charge is 2.19. The molecule has 1 atom stereocenters. The van der Waals surface area contributed by atoms with E-state index in [1.165, 1.54) is 10.6 Å². The van der Waals surface area contributed by atoms with Crippen LogP contribution in [0.4, 0.5) is 0 Å². The number of amides is 1. The van der Waals surface area contributed by atoms with Gasteiger partial charge in [-0.1, -0.05) is 30.3 Å². The van der Waals surface area contributed by atoms with E-state index in [-0.39, 0.29) is 25.0 Å². The van der Waals surface area contributed by atoms with Gasteiger partial charge in [0, 0.05) is 32.7 Å². The average Bonchev–Trinajstić information content (AvgIpc) is 3.06. The molecule has 0 aromatic heterocycles. The lowest BCUT2D eigenvalue weighted by molar-refractivity contribution is -0.121. The molecule has 1 aliphatic heterocycles. The summed E-state index contributed by atoms with van der Waals surface area (Å²) in [4.78, 5) is 11.9. The Morgan fingerprint density at radius 3 is 2.67 bits per heavy atom. The SMILES string of the molecule is CS(=O)(=O)N(CCC(=O)NCC1CCCO1)CCc1ccccc1. The molecule has 0 radical (unpaired) electrons. The van der Waals surface area contributed by atoms with Crippen LogP contribution >= 0.6 is 0 Å². The normalized spacial score (nSPS) is 18.0. The third-order valence-electron chi connectivity index (χ3n) is 4.10. The van der Waals surface area contributed by atoms with Crippen molar-refractivity contribution >= 4 is 15.9 Å². The Kier molecular flexibility index (Phi) is 7.20. The Morgan fingerprint density at radius 2 is 2.04 bits per heavy atom. The molecule has 134 valence electrons. The summed E-state index contributed by atoms with van der Waals surface area (Å²) in [6.07, 6.45) is 4.06. The van der Waals surface area contributed by atoms with E-state index in [2.05, 4.69) is 5.32 Å². The van der Waals surface area contributed by atoms with Crippen LogP contribution in [0.5, 0.6) is 0 Å². The van der Waals surface area contributed by atoms with Crippen molar-refractivity contribution in [2.75, 3.05) is 32.5 Å². The van der Waals surface area contributed by atoms with Crippen LogP contribution in [0, 0.1) is 0 Å². The zero-order valence-electron chi connectivity index (χ0n) is 14.1. The third-order valence-corrected chi connectivity index (χ3v) is 5.40. The fraction of sp³-hybridized carbons (Fsp3) is 0.588. The summed E-state index contributed by atoms with van der Waals surface area (Å²) in [5.41, 5.74) is 1.08. The van der Waals surface area contributed by atoms with Crippen LogP contribution < -0.4 is 5.32 Å². The average molecular weight is 354 g/mol. The lowest BCUT2D eigenvalue weighted by Crippen LogP contribution is -2.37. The molecule has 2 rings (SSSR count). The lowest BCUT2D eigenvalue weighted by atomic mass is 10.1. The molecule has 6 nitrogen and oxygen atoms in total.